The van der Waals surface area contributed by atoms with E-state index >= 15 is 0 Å². The molecule has 3 aliphatic rings. The Bertz CT molecular complexity index is 1020. The molecule has 1 atom stereocenters. The lowest BCUT2D eigenvalue weighted by atomic mass is 9.61. The molecule has 156 valence electrons. The van der Waals surface area contributed by atoms with Gasteiger partial charge in [0.05, 0.1) is 24.5 Å². The lowest BCUT2D eigenvalue weighted by molar-refractivity contribution is -0.138. The van der Waals surface area contributed by atoms with Crippen LogP contribution >= 0.6 is 15.9 Å². The second kappa shape index (κ2) is 7.13. The number of nitrogens with zero attached hydrogens (tertiary/aromatic N) is 4. The van der Waals surface area contributed by atoms with E-state index in [9.17, 15) is 4.79 Å². The van der Waals surface area contributed by atoms with E-state index < -0.39 is 5.54 Å². The number of aromatic nitrogens is 2. The first-order chi connectivity index (χ1) is 14.5. The van der Waals surface area contributed by atoms with Gasteiger partial charge in [-0.15, -0.1) is 0 Å². The van der Waals surface area contributed by atoms with Gasteiger partial charge < -0.3 is 10.5 Å². The highest BCUT2D eigenvalue weighted by Crippen LogP contribution is 2.62. The van der Waals surface area contributed by atoms with Crippen LogP contribution in [0, 0.1) is 5.41 Å². The zero-order valence-electron chi connectivity index (χ0n) is 16.8. The molecule has 0 saturated heterocycles. The number of benzene rings is 1. The average Bonchev–Trinajstić information content (AvgIpc) is 3.16. The van der Waals surface area contributed by atoms with Crippen LogP contribution in [-0.4, -0.2) is 39.9 Å². The van der Waals surface area contributed by atoms with Gasteiger partial charge >= 0.3 is 0 Å². The van der Waals surface area contributed by atoms with Crippen LogP contribution in [0.3, 0.4) is 0 Å². The van der Waals surface area contributed by atoms with Crippen LogP contribution in [0.25, 0.3) is 0 Å². The zero-order valence-corrected chi connectivity index (χ0v) is 18.4. The van der Waals surface area contributed by atoms with Crippen LogP contribution in [0.5, 0.6) is 0 Å². The number of carbonyl (C=O) groups is 1. The number of rotatable bonds is 3. The third kappa shape index (κ3) is 2.73. The standard InChI is InChI=1S/C22H24BrN5O2/c1-30-17-4-6-21(7-5-17)11-14-2-3-15(23)10-18(14)22(21)19(29)28(20(24)27-22)13-16-12-25-8-9-26-16/h2-3,8-10,12,17H,4-7,11,13H2,1H3,(H2,24,27)/t17-,21-,22-/m0/s1. The normalized spacial score (nSPS) is 30.2. The summed E-state index contributed by atoms with van der Waals surface area (Å²) in [6.45, 7) is 0.268. The van der Waals surface area contributed by atoms with Crippen LogP contribution in [0.15, 0.2) is 46.3 Å². The van der Waals surface area contributed by atoms with E-state index in [4.69, 9.17) is 15.5 Å². The SMILES string of the molecule is CO[C@H]1CC[C@]2(CC1)Cc1ccc(Br)cc1[C@@]21N=C(N)N(Cc2cnccn2)C1=O. The second-order valence-electron chi connectivity index (χ2n) is 8.46. The van der Waals surface area contributed by atoms with Gasteiger partial charge in [-0.1, -0.05) is 22.0 Å². The molecule has 2 aromatic rings. The summed E-state index contributed by atoms with van der Waals surface area (Å²) in [5.74, 6) is 0.199. The molecule has 1 aliphatic heterocycles. The molecule has 0 unspecified atom stereocenters. The van der Waals surface area contributed by atoms with Crippen molar-refractivity contribution in [1.29, 1.82) is 0 Å². The van der Waals surface area contributed by atoms with Crippen LogP contribution in [0.4, 0.5) is 0 Å². The molecule has 2 aliphatic carbocycles. The summed E-state index contributed by atoms with van der Waals surface area (Å²) in [6, 6.07) is 6.20. The van der Waals surface area contributed by atoms with Crippen molar-refractivity contribution in [3.63, 3.8) is 0 Å². The van der Waals surface area contributed by atoms with Crippen LogP contribution < -0.4 is 5.73 Å². The molecule has 0 bridgehead atoms. The Labute approximate surface area is 183 Å². The van der Waals surface area contributed by atoms with E-state index in [2.05, 4.69) is 32.0 Å². The maximum Gasteiger partial charge on any atom is 0.262 e. The Kier molecular flexibility index (Phi) is 4.67. The number of amides is 1. The van der Waals surface area contributed by atoms with Crippen molar-refractivity contribution in [2.24, 2.45) is 16.1 Å². The van der Waals surface area contributed by atoms with Gasteiger partial charge in [0.1, 0.15) is 0 Å². The third-order valence-electron chi connectivity index (χ3n) is 7.03. The van der Waals surface area contributed by atoms with Gasteiger partial charge in [0, 0.05) is 29.4 Å². The molecule has 2 spiro atoms. The minimum absolute atomic E-state index is 0.0571. The number of nitrogens with two attached hydrogens (primary N) is 1. The Balaban J connectivity index is 1.60. The number of fused-ring (bicyclic) bond motifs is 3. The van der Waals surface area contributed by atoms with Crippen LogP contribution in [0.1, 0.15) is 42.5 Å². The lowest BCUT2D eigenvalue weighted by Crippen LogP contribution is -2.52. The topological polar surface area (TPSA) is 93.7 Å². The summed E-state index contributed by atoms with van der Waals surface area (Å²) in [6.07, 6.45) is 9.53. The largest absolute Gasteiger partial charge is 0.381 e. The van der Waals surface area contributed by atoms with Gasteiger partial charge in [-0.3, -0.25) is 19.7 Å². The van der Waals surface area contributed by atoms with Crippen molar-refractivity contribution in [3.8, 4) is 0 Å². The Morgan fingerprint density at radius 2 is 2.10 bits per heavy atom. The van der Waals surface area contributed by atoms with Crippen molar-refractivity contribution in [2.45, 2.75) is 50.3 Å². The average molecular weight is 470 g/mol. The first-order valence-electron chi connectivity index (χ1n) is 10.2. The molecule has 1 amide bonds. The molecule has 1 saturated carbocycles. The van der Waals surface area contributed by atoms with Crippen LogP contribution in [0.2, 0.25) is 0 Å². The van der Waals surface area contributed by atoms with Crippen molar-refractivity contribution in [2.75, 3.05) is 7.11 Å². The van der Waals surface area contributed by atoms with Gasteiger partial charge in [0.15, 0.2) is 11.5 Å². The van der Waals surface area contributed by atoms with Crippen molar-refractivity contribution in [1.82, 2.24) is 14.9 Å². The molecule has 0 radical (unpaired) electrons. The number of aliphatic imine (C=N–C) groups is 1. The quantitative estimate of drug-likeness (QED) is 0.745. The molecule has 1 aromatic heterocycles. The lowest BCUT2D eigenvalue weighted by Gasteiger charge is -2.45. The van der Waals surface area contributed by atoms with E-state index in [1.807, 2.05) is 12.1 Å². The van der Waals surface area contributed by atoms with Gasteiger partial charge in [0.2, 0.25) is 0 Å². The summed E-state index contributed by atoms with van der Waals surface area (Å²) in [5, 5.41) is 0. The Morgan fingerprint density at radius 3 is 2.80 bits per heavy atom. The zero-order chi connectivity index (χ0) is 20.9. The number of carbonyl (C=O) groups excluding carboxylic acids is 1. The highest BCUT2D eigenvalue weighted by molar-refractivity contribution is 9.10. The predicted molar refractivity (Wildman–Crippen MR) is 115 cm³/mol. The fourth-order valence-electron chi connectivity index (χ4n) is 5.56. The molecule has 1 fully saturated rings. The van der Waals surface area contributed by atoms with Crippen molar-refractivity contribution >= 4 is 27.8 Å². The van der Waals surface area contributed by atoms with Gasteiger partial charge in [0.25, 0.3) is 5.91 Å². The summed E-state index contributed by atoms with van der Waals surface area (Å²) >= 11 is 3.59. The first kappa shape index (κ1) is 19.6. The third-order valence-corrected chi connectivity index (χ3v) is 7.52. The number of hydrogen-bond donors (Lipinski definition) is 1. The number of hydrogen-bond acceptors (Lipinski definition) is 6. The van der Waals surface area contributed by atoms with E-state index in [1.54, 1.807) is 30.6 Å². The molecule has 2 heterocycles. The smallest absolute Gasteiger partial charge is 0.262 e. The van der Waals surface area contributed by atoms with Gasteiger partial charge in [-0.05, 0) is 55.4 Å². The molecule has 1 aromatic carbocycles. The van der Waals surface area contributed by atoms with Crippen molar-refractivity contribution < 1.29 is 9.53 Å². The molecule has 8 heteroatoms. The molecular weight excluding hydrogens is 446 g/mol. The fraction of sp³-hybridized carbons (Fsp3) is 0.455. The summed E-state index contributed by atoms with van der Waals surface area (Å²) in [5.41, 5.74) is 7.95. The number of halogens is 1. The van der Waals surface area contributed by atoms with Crippen molar-refractivity contribution in [3.05, 3.63) is 58.1 Å². The maximum absolute atomic E-state index is 14.1. The highest BCUT2D eigenvalue weighted by atomic mass is 79.9. The predicted octanol–water partition coefficient (Wildman–Crippen LogP) is 2.92. The Hall–Kier alpha value is -2.32. The van der Waals surface area contributed by atoms with Gasteiger partial charge in [-0.25, -0.2) is 4.99 Å². The summed E-state index contributed by atoms with van der Waals surface area (Å²) in [7, 11) is 1.76. The number of ether oxygens (including phenoxy) is 1. The maximum atomic E-state index is 14.1. The molecular formula is C22H24BrN5O2. The van der Waals surface area contributed by atoms with E-state index in [-0.39, 0.29) is 29.9 Å². The highest BCUT2D eigenvalue weighted by Gasteiger charge is 2.66. The second-order valence-corrected chi connectivity index (χ2v) is 9.38. The molecule has 30 heavy (non-hydrogen) atoms. The molecule has 7 nitrogen and oxygen atoms in total. The Morgan fingerprint density at radius 1 is 1.30 bits per heavy atom. The van der Waals surface area contributed by atoms with Gasteiger partial charge in [-0.2, -0.15) is 0 Å². The monoisotopic (exact) mass is 469 g/mol. The number of guanidine groups is 1. The van der Waals surface area contributed by atoms with E-state index in [1.165, 1.54) is 5.56 Å². The molecule has 2 N–H and O–H groups in total. The number of methoxy groups -OCH3 is 1. The first-order valence-corrected chi connectivity index (χ1v) is 11.0. The minimum Gasteiger partial charge on any atom is -0.381 e. The molecule has 5 rings (SSSR count). The summed E-state index contributed by atoms with van der Waals surface area (Å²) < 4.78 is 6.55. The fourth-order valence-corrected chi connectivity index (χ4v) is 5.92. The van der Waals surface area contributed by atoms with E-state index in [0.717, 1.165) is 42.1 Å². The van der Waals surface area contributed by atoms with Crippen LogP contribution in [-0.2, 0) is 28.0 Å². The van der Waals surface area contributed by atoms with E-state index in [0.29, 0.717) is 5.69 Å². The summed E-state index contributed by atoms with van der Waals surface area (Å²) in [4.78, 5) is 29.0. The minimum atomic E-state index is -0.989.